The second kappa shape index (κ2) is 8.33. The standard InChI is InChI=1S/C19H18ClN7O2S/c1-26(2)18-24-15(23-17(21)25-18)10-30-19-22-14-8-11(20)5-6-13(14)16(28)27(19)9-12-4-3-7-29-12/h3-8H,9-10H2,1-2H3,(H2,21,23,24,25). The van der Waals surface area contributed by atoms with E-state index < -0.39 is 0 Å². The molecule has 3 heterocycles. The fraction of sp³-hybridized carbons (Fsp3) is 0.211. The van der Waals surface area contributed by atoms with E-state index >= 15 is 0 Å². The van der Waals surface area contributed by atoms with Gasteiger partial charge in [0.25, 0.3) is 5.56 Å². The monoisotopic (exact) mass is 443 g/mol. The van der Waals surface area contributed by atoms with Crippen LogP contribution in [0.3, 0.4) is 0 Å². The minimum atomic E-state index is -0.181. The topological polar surface area (TPSA) is 116 Å². The molecule has 0 saturated heterocycles. The quantitative estimate of drug-likeness (QED) is 0.354. The zero-order valence-corrected chi connectivity index (χ0v) is 17.8. The van der Waals surface area contributed by atoms with Crippen molar-refractivity contribution < 1.29 is 4.42 Å². The van der Waals surface area contributed by atoms with Crippen molar-refractivity contribution in [1.29, 1.82) is 0 Å². The van der Waals surface area contributed by atoms with Crippen molar-refractivity contribution in [2.45, 2.75) is 17.5 Å². The van der Waals surface area contributed by atoms with Crippen molar-refractivity contribution in [1.82, 2.24) is 24.5 Å². The maximum atomic E-state index is 13.2. The zero-order valence-electron chi connectivity index (χ0n) is 16.2. The molecule has 154 valence electrons. The van der Waals surface area contributed by atoms with Gasteiger partial charge < -0.3 is 15.1 Å². The number of halogens is 1. The predicted octanol–water partition coefficient (Wildman–Crippen LogP) is 2.82. The van der Waals surface area contributed by atoms with Crippen LogP contribution >= 0.6 is 23.4 Å². The Kier molecular flexibility index (Phi) is 5.60. The summed E-state index contributed by atoms with van der Waals surface area (Å²) in [7, 11) is 3.64. The number of nitrogen functional groups attached to an aromatic ring is 1. The van der Waals surface area contributed by atoms with Crippen molar-refractivity contribution in [3.05, 3.63) is 63.6 Å². The molecule has 11 heteroatoms. The van der Waals surface area contributed by atoms with Gasteiger partial charge in [0.05, 0.1) is 29.5 Å². The number of hydrogen-bond acceptors (Lipinski definition) is 9. The number of hydrogen-bond donors (Lipinski definition) is 1. The van der Waals surface area contributed by atoms with Gasteiger partial charge in [-0.15, -0.1) is 0 Å². The molecule has 0 atom stereocenters. The summed E-state index contributed by atoms with van der Waals surface area (Å²) in [5.74, 6) is 2.08. The van der Waals surface area contributed by atoms with E-state index in [9.17, 15) is 4.79 Å². The Morgan fingerprint density at radius 3 is 2.77 bits per heavy atom. The first-order valence-electron chi connectivity index (χ1n) is 8.94. The van der Waals surface area contributed by atoms with Crippen LogP contribution in [0, 0.1) is 0 Å². The van der Waals surface area contributed by atoms with Crippen LogP contribution in [-0.4, -0.2) is 38.6 Å². The van der Waals surface area contributed by atoms with E-state index in [1.165, 1.54) is 11.8 Å². The second-order valence-electron chi connectivity index (χ2n) is 6.62. The van der Waals surface area contributed by atoms with Gasteiger partial charge in [0.15, 0.2) is 5.16 Å². The molecule has 0 bridgehead atoms. The van der Waals surface area contributed by atoms with Crippen LogP contribution in [0.4, 0.5) is 11.9 Å². The molecule has 30 heavy (non-hydrogen) atoms. The van der Waals surface area contributed by atoms with Gasteiger partial charge >= 0.3 is 0 Å². The van der Waals surface area contributed by atoms with Crippen molar-refractivity contribution in [3.63, 3.8) is 0 Å². The van der Waals surface area contributed by atoms with E-state index in [0.717, 1.165) is 0 Å². The van der Waals surface area contributed by atoms with Crippen molar-refractivity contribution in [3.8, 4) is 0 Å². The van der Waals surface area contributed by atoms with Crippen molar-refractivity contribution >= 4 is 46.2 Å². The van der Waals surface area contributed by atoms with E-state index in [1.54, 1.807) is 40.0 Å². The molecule has 0 aliphatic rings. The highest BCUT2D eigenvalue weighted by Crippen LogP contribution is 2.24. The molecule has 1 aromatic carbocycles. The normalized spacial score (nSPS) is 11.2. The van der Waals surface area contributed by atoms with E-state index in [2.05, 4.69) is 19.9 Å². The lowest BCUT2D eigenvalue weighted by Gasteiger charge is -2.13. The van der Waals surface area contributed by atoms with Crippen LogP contribution < -0.4 is 16.2 Å². The highest BCUT2D eigenvalue weighted by atomic mass is 35.5. The van der Waals surface area contributed by atoms with Crippen LogP contribution in [-0.2, 0) is 12.3 Å². The number of thioether (sulfide) groups is 1. The number of furan rings is 1. The van der Waals surface area contributed by atoms with Gasteiger partial charge in [-0.1, -0.05) is 23.4 Å². The number of fused-ring (bicyclic) bond motifs is 1. The first-order chi connectivity index (χ1) is 14.4. The lowest BCUT2D eigenvalue weighted by atomic mass is 10.2. The Balaban J connectivity index is 1.74. The first kappa shape index (κ1) is 20.2. The van der Waals surface area contributed by atoms with Crippen LogP contribution in [0.15, 0.2) is 51.0 Å². The van der Waals surface area contributed by atoms with Crippen LogP contribution in [0.5, 0.6) is 0 Å². The Bertz CT molecular complexity index is 1260. The maximum Gasteiger partial charge on any atom is 0.262 e. The van der Waals surface area contributed by atoms with E-state index in [0.29, 0.717) is 44.4 Å². The van der Waals surface area contributed by atoms with Crippen LogP contribution in [0.25, 0.3) is 10.9 Å². The fourth-order valence-electron chi connectivity index (χ4n) is 2.80. The summed E-state index contributed by atoms with van der Waals surface area (Å²) in [6.45, 7) is 0.252. The molecule has 0 amide bonds. The van der Waals surface area contributed by atoms with Gasteiger partial charge in [-0.05, 0) is 30.3 Å². The SMILES string of the molecule is CN(C)c1nc(N)nc(CSc2nc3cc(Cl)ccc3c(=O)n2Cc2ccco2)n1. The summed E-state index contributed by atoms with van der Waals surface area (Å²) in [4.78, 5) is 32.2. The molecule has 3 aromatic heterocycles. The summed E-state index contributed by atoms with van der Waals surface area (Å²) >= 11 is 7.43. The Hall–Kier alpha value is -3.11. The smallest absolute Gasteiger partial charge is 0.262 e. The molecular weight excluding hydrogens is 426 g/mol. The lowest BCUT2D eigenvalue weighted by molar-refractivity contribution is 0.476. The molecule has 0 aliphatic carbocycles. The fourth-order valence-corrected chi connectivity index (χ4v) is 3.82. The average molecular weight is 444 g/mol. The summed E-state index contributed by atoms with van der Waals surface area (Å²) in [5.41, 5.74) is 6.15. The molecule has 4 rings (SSSR count). The van der Waals surface area contributed by atoms with E-state index in [4.69, 9.17) is 21.8 Å². The number of anilines is 2. The molecular formula is C19H18ClN7O2S. The third-order valence-electron chi connectivity index (χ3n) is 4.19. The molecule has 0 radical (unpaired) electrons. The second-order valence-corrected chi connectivity index (χ2v) is 8.00. The highest BCUT2D eigenvalue weighted by Gasteiger charge is 2.15. The summed E-state index contributed by atoms with van der Waals surface area (Å²) in [6, 6.07) is 8.61. The van der Waals surface area contributed by atoms with Gasteiger partial charge in [-0.3, -0.25) is 9.36 Å². The van der Waals surface area contributed by atoms with Gasteiger partial charge in [0.1, 0.15) is 11.6 Å². The molecule has 0 fully saturated rings. The first-order valence-corrected chi connectivity index (χ1v) is 10.3. The van der Waals surface area contributed by atoms with Crippen molar-refractivity contribution in [2.24, 2.45) is 0 Å². The summed E-state index contributed by atoms with van der Waals surface area (Å²) in [5, 5.41) is 1.49. The van der Waals surface area contributed by atoms with Crippen molar-refractivity contribution in [2.75, 3.05) is 24.7 Å². The number of nitrogens with two attached hydrogens (primary N) is 1. The predicted molar refractivity (Wildman–Crippen MR) is 117 cm³/mol. The zero-order chi connectivity index (χ0) is 21.3. The van der Waals surface area contributed by atoms with Crippen LogP contribution in [0.2, 0.25) is 5.02 Å². The molecule has 2 N–H and O–H groups in total. The molecule has 0 unspecified atom stereocenters. The number of nitrogens with zero attached hydrogens (tertiary/aromatic N) is 6. The van der Waals surface area contributed by atoms with Gasteiger partial charge in [-0.25, -0.2) is 4.98 Å². The summed E-state index contributed by atoms with van der Waals surface area (Å²) in [6.07, 6.45) is 1.57. The Morgan fingerprint density at radius 2 is 2.03 bits per heavy atom. The molecule has 9 nitrogen and oxygen atoms in total. The van der Waals surface area contributed by atoms with Gasteiger partial charge in [0, 0.05) is 19.1 Å². The molecule has 0 saturated carbocycles. The number of aromatic nitrogens is 5. The number of rotatable bonds is 6. The lowest BCUT2D eigenvalue weighted by Crippen LogP contribution is -2.24. The van der Waals surface area contributed by atoms with E-state index in [-0.39, 0.29) is 18.1 Å². The maximum absolute atomic E-state index is 13.2. The van der Waals surface area contributed by atoms with Gasteiger partial charge in [0.2, 0.25) is 11.9 Å². The Morgan fingerprint density at radius 1 is 1.20 bits per heavy atom. The minimum absolute atomic E-state index is 0.135. The number of benzene rings is 1. The Labute approximate surface area is 180 Å². The molecule has 0 aliphatic heterocycles. The largest absolute Gasteiger partial charge is 0.467 e. The minimum Gasteiger partial charge on any atom is -0.467 e. The third kappa shape index (κ3) is 4.24. The third-order valence-corrected chi connectivity index (χ3v) is 5.40. The van der Waals surface area contributed by atoms with Crippen LogP contribution in [0.1, 0.15) is 11.6 Å². The van der Waals surface area contributed by atoms with Gasteiger partial charge in [-0.2, -0.15) is 15.0 Å². The summed E-state index contributed by atoms with van der Waals surface area (Å²) < 4.78 is 6.99. The van der Waals surface area contributed by atoms with E-state index in [1.807, 2.05) is 20.2 Å². The highest BCUT2D eigenvalue weighted by molar-refractivity contribution is 7.98. The average Bonchev–Trinajstić information content (AvgIpc) is 3.21. The molecule has 0 spiro atoms. The molecule has 4 aromatic rings.